The predicted octanol–water partition coefficient (Wildman–Crippen LogP) is 3.51. The number of Topliss-reactive ketones (excluding diaryl/α,β-unsaturated/α-hetero) is 1. The molecular weight excluding hydrogens is 352 g/mol. The standard InChI is InChI=1S/C23H30N2O3/c1-4-15-13-25-11-10-23(18-8-6-7-9-19(18)24-22(23)27)21(25)12-16(15)17(14-28-3)20(26)5-2/h6-9,14-16,21H,4-5,10-13H2,1-3H3,(H,24,27)/b17-14+/t15-,16-,21-,23-/m0/s1. The van der Waals surface area contributed by atoms with Crippen LogP contribution in [0.5, 0.6) is 0 Å². The van der Waals surface area contributed by atoms with Gasteiger partial charge in [-0.15, -0.1) is 0 Å². The van der Waals surface area contributed by atoms with Crippen LogP contribution in [0.3, 0.4) is 0 Å². The number of allylic oxidation sites excluding steroid dienone is 1. The normalized spacial score (nSPS) is 32.2. The topological polar surface area (TPSA) is 58.6 Å². The van der Waals surface area contributed by atoms with Crippen LogP contribution in [0.1, 0.15) is 45.1 Å². The maximum absolute atomic E-state index is 13.2. The van der Waals surface area contributed by atoms with Crippen molar-refractivity contribution in [3.63, 3.8) is 0 Å². The van der Waals surface area contributed by atoms with Crippen LogP contribution in [0.25, 0.3) is 0 Å². The molecule has 5 nitrogen and oxygen atoms in total. The monoisotopic (exact) mass is 382 g/mol. The Balaban J connectivity index is 1.74. The van der Waals surface area contributed by atoms with Crippen LogP contribution < -0.4 is 5.32 Å². The molecule has 1 aromatic carbocycles. The van der Waals surface area contributed by atoms with E-state index < -0.39 is 5.41 Å². The van der Waals surface area contributed by atoms with Crippen molar-refractivity contribution in [2.75, 3.05) is 25.5 Å². The van der Waals surface area contributed by atoms with E-state index in [1.165, 1.54) is 0 Å². The summed E-state index contributed by atoms with van der Waals surface area (Å²) < 4.78 is 5.30. The third kappa shape index (κ3) is 2.71. The van der Waals surface area contributed by atoms with Gasteiger partial charge in [0.1, 0.15) is 0 Å². The summed E-state index contributed by atoms with van der Waals surface area (Å²) in [6.07, 6.45) is 4.81. The fraction of sp³-hybridized carbons (Fsp3) is 0.565. The molecule has 150 valence electrons. The van der Waals surface area contributed by atoms with Crippen molar-refractivity contribution < 1.29 is 14.3 Å². The number of carbonyl (C=O) groups is 2. The average molecular weight is 383 g/mol. The van der Waals surface area contributed by atoms with Crippen LogP contribution in [0.4, 0.5) is 5.69 Å². The van der Waals surface area contributed by atoms with E-state index in [4.69, 9.17) is 4.74 Å². The number of para-hydroxylation sites is 1. The number of ether oxygens (including phenoxy) is 1. The minimum Gasteiger partial charge on any atom is -0.504 e. The van der Waals surface area contributed by atoms with Crippen molar-refractivity contribution in [1.82, 2.24) is 4.90 Å². The summed E-state index contributed by atoms with van der Waals surface area (Å²) in [6.45, 7) is 5.96. The molecule has 0 saturated carbocycles. The van der Waals surface area contributed by atoms with Gasteiger partial charge in [-0.1, -0.05) is 38.5 Å². The lowest BCUT2D eigenvalue weighted by Crippen LogP contribution is -2.53. The first kappa shape index (κ1) is 19.2. The largest absolute Gasteiger partial charge is 0.504 e. The number of carbonyl (C=O) groups excluding carboxylic acids is 2. The van der Waals surface area contributed by atoms with E-state index in [1.807, 2.05) is 25.1 Å². The summed E-state index contributed by atoms with van der Waals surface area (Å²) in [6, 6.07) is 8.21. The first-order chi connectivity index (χ1) is 13.6. The van der Waals surface area contributed by atoms with Gasteiger partial charge in [0.25, 0.3) is 0 Å². The number of nitrogens with one attached hydrogen (secondary N) is 1. The fourth-order valence-electron chi connectivity index (χ4n) is 5.79. The molecule has 3 aliphatic heterocycles. The van der Waals surface area contributed by atoms with Crippen LogP contribution in [-0.4, -0.2) is 42.8 Å². The Labute approximate surface area is 167 Å². The van der Waals surface area contributed by atoms with Crippen LogP contribution in [0.2, 0.25) is 0 Å². The number of benzene rings is 1. The highest BCUT2D eigenvalue weighted by molar-refractivity contribution is 6.07. The van der Waals surface area contributed by atoms with E-state index in [2.05, 4.69) is 23.2 Å². The molecule has 0 unspecified atom stereocenters. The highest BCUT2D eigenvalue weighted by Gasteiger charge is 2.59. The molecule has 2 fully saturated rings. The van der Waals surface area contributed by atoms with Crippen molar-refractivity contribution >= 4 is 17.4 Å². The zero-order chi connectivity index (χ0) is 19.9. The van der Waals surface area contributed by atoms with Gasteiger partial charge in [-0.2, -0.15) is 0 Å². The average Bonchev–Trinajstić information content (AvgIpc) is 3.23. The number of hydrogen-bond donors (Lipinski definition) is 1. The number of rotatable bonds is 5. The third-order valence-electron chi connectivity index (χ3n) is 7.19. The summed E-state index contributed by atoms with van der Waals surface area (Å²) in [5.74, 6) is 0.813. The number of fused-ring (bicyclic) bond motifs is 4. The molecule has 1 amide bonds. The lowest BCUT2D eigenvalue weighted by atomic mass is 9.67. The molecule has 0 aliphatic carbocycles. The summed E-state index contributed by atoms with van der Waals surface area (Å²) in [5, 5.41) is 3.12. The van der Waals surface area contributed by atoms with E-state index in [-0.39, 0.29) is 23.7 Å². The lowest BCUT2D eigenvalue weighted by Gasteiger charge is -2.45. The second-order valence-corrected chi connectivity index (χ2v) is 8.33. The van der Waals surface area contributed by atoms with E-state index in [1.54, 1.807) is 13.4 Å². The molecule has 4 rings (SSSR count). The molecule has 4 atom stereocenters. The smallest absolute Gasteiger partial charge is 0.236 e. The number of amides is 1. The summed E-state index contributed by atoms with van der Waals surface area (Å²) in [4.78, 5) is 28.4. The van der Waals surface area contributed by atoms with Crippen LogP contribution in [0, 0.1) is 11.8 Å². The minimum absolute atomic E-state index is 0.119. The number of hydrogen-bond acceptors (Lipinski definition) is 4. The zero-order valence-corrected chi connectivity index (χ0v) is 17.0. The van der Waals surface area contributed by atoms with Gasteiger partial charge in [0.15, 0.2) is 5.78 Å². The van der Waals surface area contributed by atoms with Crippen molar-refractivity contribution in [3.8, 4) is 0 Å². The molecule has 3 heterocycles. The summed E-state index contributed by atoms with van der Waals surface area (Å²) >= 11 is 0. The Bertz CT molecular complexity index is 818. The highest BCUT2D eigenvalue weighted by Crippen LogP contribution is 2.53. The molecule has 0 aromatic heterocycles. The maximum atomic E-state index is 13.2. The molecule has 0 radical (unpaired) electrons. The van der Waals surface area contributed by atoms with Gasteiger partial charge in [0, 0.05) is 30.3 Å². The van der Waals surface area contributed by atoms with Gasteiger partial charge in [0.05, 0.1) is 18.8 Å². The first-order valence-corrected chi connectivity index (χ1v) is 10.5. The van der Waals surface area contributed by atoms with Crippen molar-refractivity contribution in [3.05, 3.63) is 41.7 Å². The Kier molecular flexibility index (Phi) is 5.04. The number of piperidine rings is 1. The SMILES string of the molecule is CCC(=O)/C(=C/OC)[C@H]1C[C@@H]2N(CC[C@@]23C(=O)Nc2ccccc23)C[C@@H]1CC. The molecule has 1 N–H and O–H groups in total. The molecule has 5 heteroatoms. The maximum Gasteiger partial charge on any atom is 0.236 e. The van der Waals surface area contributed by atoms with E-state index >= 15 is 0 Å². The molecule has 1 spiro atoms. The van der Waals surface area contributed by atoms with Gasteiger partial charge >= 0.3 is 0 Å². The summed E-state index contributed by atoms with van der Waals surface area (Å²) in [5.41, 5.74) is 2.37. The Morgan fingerprint density at radius 2 is 2.14 bits per heavy atom. The predicted molar refractivity (Wildman–Crippen MR) is 109 cm³/mol. The van der Waals surface area contributed by atoms with Crippen LogP contribution in [0.15, 0.2) is 36.1 Å². The quantitative estimate of drug-likeness (QED) is 0.625. The zero-order valence-electron chi connectivity index (χ0n) is 17.0. The number of methoxy groups -OCH3 is 1. The van der Waals surface area contributed by atoms with E-state index in [9.17, 15) is 9.59 Å². The van der Waals surface area contributed by atoms with Crippen molar-refractivity contribution in [1.29, 1.82) is 0 Å². The lowest BCUT2D eigenvalue weighted by molar-refractivity contribution is -0.122. The minimum atomic E-state index is -0.499. The van der Waals surface area contributed by atoms with E-state index in [0.717, 1.165) is 49.2 Å². The molecule has 2 saturated heterocycles. The number of ketones is 1. The fourth-order valence-corrected chi connectivity index (χ4v) is 5.79. The van der Waals surface area contributed by atoms with Crippen molar-refractivity contribution in [2.45, 2.75) is 51.0 Å². The Morgan fingerprint density at radius 3 is 2.86 bits per heavy atom. The van der Waals surface area contributed by atoms with Gasteiger partial charge < -0.3 is 10.1 Å². The second kappa shape index (κ2) is 7.36. The first-order valence-electron chi connectivity index (χ1n) is 10.5. The van der Waals surface area contributed by atoms with Gasteiger partial charge in [-0.25, -0.2) is 0 Å². The van der Waals surface area contributed by atoms with Crippen LogP contribution in [-0.2, 0) is 19.7 Å². The van der Waals surface area contributed by atoms with Crippen LogP contribution >= 0.6 is 0 Å². The summed E-state index contributed by atoms with van der Waals surface area (Å²) in [7, 11) is 1.61. The second-order valence-electron chi connectivity index (χ2n) is 8.33. The molecular formula is C23H30N2O3. The van der Waals surface area contributed by atoms with Gasteiger partial charge in [0.2, 0.25) is 5.91 Å². The molecule has 3 aliphatic rings. The molecule has 1 aromatic rings. The number of nitrogens with zero attached hydrogens (tertiary/aromatic N) is 1. The Morgan fingerprint density at radius 1 is 1.36 bits per heavy atom. The van der Waals surface area contributed by atoms with E-state index in [0.29, 0.717) is 12.3 Å². The van der Waals surface area contributed by atoms with Gasteiger partial charge in [-0.3, -0.25) is 14.5 Å². The number of anilines is 1. The molecule has 0 bridgehead atoms. The van der Waals surface area contributed by atoms with Crippen molar-refractivity contribution in [2.24, 2.45) is 11.8 Å². The van der Waals surface area contributed by atoms with Gasteiger partial charge in [-0.05, 0) is 42.9 Å². The Hall–Kier alpha value is -2.14. The highest BCUT2D eigenvalue weighted by atomic mass is 16.5. The molecule has 28 heavy (non-hydrogen) atoms. The third-order valence-corrected chi connectivity index (χ3v) is 7.19.